The number of rotatable bonds is 5. The summed E-state index contributed by atoms with van der Waals surface area (Å²) in [5.41, 5.74) is 4.97. The minimum absolute atomic E-state index is 0.113. The van der Waals surface area contributed by atoms with Crippen molar-refractivity contribution < 1.29 is 14.4 Å². The SMILES string of the molecule is COc1ccc(CN2CC(c3ccc(O)cc3)c3cnc(-c4c(C)noc4C)nc32)cc1. The van der Waals surface area contributed by atoms with Crippen molar-refractivity contribution in [2.75, 3.05) is 18.6 Å². The van der Waals surface area contributed by atoms with Gasteiger partial charge in [0.25, 0.3) is 0 Å². The average molecular weight is 428 g/mol. The van der Waals surface area contributed by atoms with Gasteiger partial charge in [-0.2, -0.15) is 0 Å². The lowest BCUT2D eigenvalue weighted by molar-refractivity contribution is 0.393. The highest BCUT2D eigenvalue weighted by Gasteiger charge is 2.32. The molecule has 2 aromatic carbocycles. The summed E-state index contributed by atoms with van der Waals surface area (Å²) in [6, 6.07) is 15.5. The van der Waals surface area contributed by atoms with Crippen molar-refractivity contribution in [1.82, 2.24) is 15.1 Å². The monoisotopic (exact) mass is 428 g/mol. The van der Waals surface area contributed by atoms with E-state index in [2.05, 4.69) is 27.2 Å². The van der Waals surface area contributed by atoms with E-state index >= 15 is 0 Å². The fourth-order valence-corrected chi connectivity index (χ4v) is 4.29. The summed E-state index contributed by atoms with van der Waals surface area (Å²) in [5, 5.41) is 13.8. The van der Waals surface area contributed by atoms with Gasteiger partial charge in [0.2, 0.25) is 0 Å². The van der Waals surface area contributed by atoms with Crippen LogP contribution in [0.2, 0.25) is 0 Å². The van der Waals surface area contributed by atoms with Gasteiger partial charge in [0.05, 0.1) is 18.4 Å². The van der Waals surface area contributed by atoms with E-state index in [0.717, 1.165) is 40.5 Å². The minimum Gasteiger partial charge on any atom is -0.508 e. The normalized spacial score (nSPS) is 15.1. The first-order chi connectivity index (χ1) is 15.5. The molecule has 1 aliphatic rings. The third-order valence-electron chi connectivity index (χ3n) is 5.96. The molecule has 0 saturated carbocycles. The van der Waals surface area contributed by atoms with Gasteiger partial charge in [0, 0.05) is 30.8 Å². The van der Waals surface area contributed by atoms with Crippen LogP contribution in [-0.2, 0) is 6.54 Å². The summed E-state index contributed by atoms with van der Waals surface area (Å²) < 4.78 is 10.6. The molecule has 32 heavy (non-hydrogen) atoms. The first-order valence-electron chi connectivity index (χ1n) is 10.5. The molecule has 2 aromatic heterocycles. The van der Waals surface area contributed by atoms with E-state index in [1.54, 1.807) is 19.2 Å². The number of aromatic hydroxyl groups is 1. The summed E-state index contributed by atoms with van der Waals surface area (Å²) in [6.45, 7) is 5.26. The third kappa shape index (κ3) is 3.56. The van der Waals surface area contributed by atoms with Crippen molar-refractivity contribution >= 4 is 5.82 Å². The van der Waals surface area contributed by atoms with Crippen LogP contribution < -0.4 is 9.64 Å². The molecule has 1 aliphatic heterocycles. The molecular weight excluding hydrogens is 404 g/mol. The van der Waals surface area contributed by atoms with Gasteiger partial charge < -0.3 is 19.3 Å². The summed E-state index contributed by atoms with van der Waals surface area (Å²) >= 11 is 0. The van der Waals surface area contributed by atoms with Crippen LogP contribution in [0.5, 0.6) is 11.5 Å². The highest BCUT2D eigenvalue weighted by Crippen LogP contribution is 2.41. The first-order valence-corrected chi connectivity index (χ1v) is 10.5. The molecule has 5 rings (SSSR count). The smallest absolute Gasteiger partial charge is 0.167 e. The Bertz CT molecular complexity index is 1230. The molecule has 1 N–H and O–H groups in total. The molecule has 4 aromatic rings. The fraction of sp³-hybridized carbons (Fsp3) is 0.240. The van der Waals surface area contributed by atoms with Crippen LogP contribution in [0, 0.1) is 13.8 Å². The molecule has 0 fully saturated rings. The topological polar surface area (TPSA) is 84.5 Å². The number of phenolic OH excluding ortho intramolecular Hbond substituents is 1. The second kappa shape index (κ2) is 8.00. The number of aromatic nitrogens is 3. The van der Waals surface area contributed by atoms with E-state index in [1.165, 1.54) is 5.56 Å². The van der Waals surface area contributed by atoms with Gasteiger partial charge in [-0.25, -0.2) is 9.97 Å². The van der Waals surface area contributed by atoms with E-state index in [9.17, 15) is 5.11 Å². The Kier molecular flexibility index (Phi) is 5.01. The standard InChI is InChI=1S/C25H24N4O3/c1-15-23(16(2)32-28-15)24-26-12-21-22(18-6-8-19(30)9-7-18)14-29(25(21)27-24)13-17-4-10-20(31-3)11-5-17/h4-12,22,30H,13-14H2,1-3H3. The molecule has 1 unspecified atom stereocenters. The zero-order chi connectivity index (χ0) is 22.2. The van der Waals surface area contributed by atoms with Gasteiger partial charge in [-0.15, -0.1) is 0 Å². The maximum Gasteiger partial charge on any atom is 0.167 e. The number of benzene rings is 2. The van der Waals surface area contributed by atoms with Crippen LogP contribution in [0.25, 0.3) is 11.4 Å². The number of fused-ring (bicyclic) bond motifs is 1. The van der Waals surface area contributed by atoms with Crippen LogP contribution >= 0.6 is 0 Å². The lowest BCUT2D eigenvalue weighted by Crippen LogP contribution is -2.22. The second-order valence-corrected chi connectivity index (χ2v) is 8.04. The van der Waals surface area contributed by atoms with Gasteiger partial charge in [-0.05, 0) is 49.2 Å². The second-order valence-electron chi connectivity index (χ2n) is 8.04. The van der Waals surface area contributed by atoms with Gasteiger partial charge in [-0.1, -0.05) is 29.4 Å². The summed E-state index contributed by atoms with van der Waals surface area (Å²) in [6.07, 6.45) is 1.91. The largest absolute Gasteiger partial charge is 0.508 e. The number of anilines is 1. The number of hydrogen-bond acceptors (Lipinski definition) is 7. The van der Waals surface area contributed by atoms with Gasteiger partial charge in [-0.3, -0.25) is 0 Å². The molecule has 7 heteroatoms. The highest BCUT2D eigenvalue weighted by molar-refractivity contribution is 5.66. The molecule has 3 heterocycles. The number of nitrogens with zero attached hydrogens (tertiary/aromatic N) is 4. The highest BCUT2D eigenvalue weighted by atomic mass is 16.5. The van der Waals surface area contributed by atoms with E-state index in [1.807, 2.05) is 44.3 Å². The summed E-state index contributed by atoms with van der Waals surface area (Å²) in [7, 11) is 1.67. The molecule has 0 spiro atoms. The number of methoxy groups -OCH3 is 1. The average Bonchev–Trinajstić information content (AvgIpc) is 3.34. The van der Waals surface area contributed by atoms with E-state index in [-0.39, 0.29) is 11.7 Å². The fourth-order valence-electron chi connectivity index (χ4n) is 4.29. The summed E-state index contributed by atoms with van der Waals surface area (Å²) in [4.78, 5) is 11.9. The van der Waals surface area contributed by atoms with Crippen molar-refractivity contribution in [3.8, 4) is 22.9 Å². The zero-order valence-electron chi connectivity index (χ0n) is 18.2. The Morgan fingerprint density at radius 2 is 1.84 bits per heavy atom. The van der Waals surface area contributed by atoms with Gasteiger partial charge in [0.15, 0.2) is 5.82 Å². The maximum absolute atomic E-state index is 9.72. The van der Waals surface area contributed by atoms with E-state index in [0.29, 0.717) is 18.1 Å². The number of ether oxygens (including phenoxy) is 1. The van der Waals surface area contributed by atoms with Crippen molar-refractivity contribution in [3.63, 3.8) is 0 Å². The lowest BCUT2D eigenvalue weighted by Gasteiger charge is -2.19. The lowest BCUT2D eigenvalue weighted by atomic mass is 9.95. The van der Waals surface area contributed by atoms with Crippen LogP contribution in [0.3, 0.4) is 0 Å². The molecule has 0 radical (unpaired) electrons. The number of aryl methyl sites for hydroxylation is 2. The Balaban J connectivity index is 1.56. The van der Waals surface area contributed by atoms with Crippen molar-refractivity contribution in [3.05, 3.63) is 82.9 Å². The third-order valence-corrected chi connectivity index (χ3v) is 5.96. The Hall–Kier alpha value is -3.87. The predicted octanol–water partition coefficient (Wildman–Crippen LogP) is 4.61. The van der Waals surface area contributed by atoms with Gasteiger partial charge in [0.1, 0.15) is 23.1 Å². The molecule has 7 nitrogen and oxygen atoms in total. The predicted molar refractivity (Wildman–Crippen MR) is 121 cm³/mol. The zero-order valence-corrected chi connectivity index (χ0v) is 18.2. The molecule has 1 atom stereocenters. The van der Waals surface area contributed by atoms with Crippen LogP contribution in [0.1, 0.15) is 34.1 Å². The molecular formula is C25H24N4O3. The minimum atomic E-state index is 0.113. The molecule has 0 bridgehead atoms. The first kappa shape index (κ1) is 20.1. The molecule has 162 valence electrons. The van der Waals surface area contributed by atoms with Crippen molar-refractivity contribution in [1.29, 1.82) is 0 Å². The molecule has 0 aliphatic carbocycles. The maximum atomic E-state index is 9.72. The summed E-state index contributed by atoms with van der Waals surface area (Å²) in [5.74, 6) is 3.43. The van der Waals surface area contributed by atoms with Gasteiger partial charge >= 0.3 is 0 Å². The van der Waals surface area contributed by atoms with Crippen molar-refractivity contribution in [2.24, 2.45) is 0 Å². The molecule has 0 amide bonds. The number of phenols is 1. The molecule has 0 saturated heterocycles. The van der Waals surface area contributed by atoms with Crippen LogP contribution in [0.4, 0.5) is 5.82 Å². The number of hydrogen-bond donors (Lipinski definition) is 1. The van der Waals surface area contributed by atoms with Crippen LogP contribution in [-0.4, -0.2) is 33.9 Å². The van der Waals surface area contributed by atoms with E-state index < -0.39 is 0 Å². The van der Waals surface area contributed by atoms with E-state index in [4.69, 9.17) is 14.2 Å². The van der Waals surface area contributed by atoms with Crippen LogP contribution in [0.15, 0.2) is 59.3 Å². The Morgan fingerprint density at radius 3 is 2.50 bits per heavy atom. The Labute approximate surface area is 186 Å². The Morgan fingerprint density at radius 1 is 1.09 bits per heavy atom. The quantitative estimate of drug-likeness (QED) is 0.497. The van der Waals surface area contributed by atoms with Crippen molar-refractivity contribution in [2.45, 2.75) is 26.3 Å².